The van der Waals surface area contributed by atoms with Crippen LogP contribution < -0.4 is 16.4 Å². The van der Waals surface area contributed by atoms with Crippen molar-refractivity contribution in [3.05, 3.63) is 24.3 Å². The number of amides is 1. The van der Waals surface area contributed by atoms with Gasteiger partial charge in [0.1, 0.15) is 0 Å². The van der Waals surface area contributed by atoms with Crippen molar-refractivity contribution in [3.8, 4) is 0 Å². The van der Waals surface area contributed by atoms with Crippen molar-refractivity contribution >= 4 is 23.5 Å². The number of anilines is 1. The zero-order chi connectivity index (χ0) is 11.8. The van der Waals surface area contributed by atoms with Gasteiger partial charge in [-0.3, -0.25) is 9.79 Å². The zero-order valence-corrected chi connectivity index (χ0v) is 9.23. The summed E-state index contributed by atoms with van der Waals surface area (Å²) in [7, 11) is 1.83. The molecular formula is C11H16N4O. The molecule has 5 heteroatoms. The second-order valence-electron chi connectivity index (χ2n) is 3.25. The number of hydrogen-bond donors (Lipinski definition) is 3. The summed E-state index contributed by atoms with van der Waals surface area (Å²) < 4.78 is 0. The second kappa shape index (κ2) is 6.58. The SMILES string of the molecule is CNCCNC(=O)C=Nc1cccc(N)c1. The van der Waals surface area contributed by atoms with Crippen LogP contribution in [0.4, 0.5) is 11.4 Å². The fourth-order valence-corrected chi connectivity index (χ4v) is 1.09. The summed E-state index contributed by atoms with van der Waals surface area (Å²) >= 11 is 0. The normalized spacial score (nSPS) is 10.6. The van der Waals surface area contributed by atoms with Crippen molar-refractivity contribution in [2.24, 2.45) is 4.99 Å². The Morgan fingerprint density at radius 1 is 1.50 bits per heavy atom. The molecule has 4 N–H and O–H groups in total. The maximum atomic E-state index is 11.3. The molecule has 0 unspecified atom stereocenters. The third kappa shape index (κ3) is 4.56. The number of hydrogen-bond acceptors (Lipinski definition) is 4. The van der Waals surface area contributed by atoms with Crippen LogP contribution in [0.2, 0.25) is 0 Å². The van der Waals surface area contributed by atoms with Crippen molar-refractivity contribution in [2.75, 3.05) is 25.9 Å². The highest BCUT2D eigenvalue weighted by Crippen LogP contribution is 2.14. The summed E-state index contributed by atoms with van der Waals surface area (Å²) in [6, 6.07) is 7.05. The number of rotatable bonds is 5. The first kappa shape index (κ1) is 12.2. The first-order valence-corrected chi connectivity index (χ1v) is 5.04. The van der Waals surface area contributed by atoms with Gasteiger partial charge in [-0.15, -0.1) is 0 Å². The molecule has 0 heterocycles. The van der Waals surface area contributed by atoms with E-state index in [-0.39, 0.29) is 5.91 Å². The first-order chi connectivity index (χ1) is 7.72. The fourth-order valence-electron chi connectivity index (χ4n) is 1.09. The smallest absolute Gasteiger partial charge is 0.262 e. The molecule has 0 bridgehead atoms. The molecule has 0 saturated carbocycles. The predicted octanol–water partition coefficient (Wildman–Crippen LogP) is 0.307. The fraction of sp³-hybridized carbons (Fsp3) is 0.273. The van der Waals surface area contributed by atoms with Crippen LogP contribution in [0.1, 0.15) is 0 Å². The Bertz CT molecular complexity index is 376. The van der Waals surface area contributed by atoms with Gasteiger partial charge in [-0.05, 0) is 25.2 Å². The number of likely N-dealkylation sites (N-methyl/N-ethyl adjacent to an activating group) is 1. The average Bonchev–Trinajstić information content (AvgIpc) is 2.27. The van der Waals surface area contributed by atoms with Gasteiger partial charge in [0.2, 0.25) is 0 Å². The number of carbonyl (C=O) groups excluding carboxylic acids is 1. The van der Waals surface area contributed by atoms with E-state index < -0.39 is 0 Å². The first-order valence-electron chi connectivity index (χ1n) is 5.04. The topological polar surface area (TPSA) is 79.5 Å². The van der Waals surface area contributed by atoms with Gasteiger partial charge in [-0.1, -0.05) is 6.07 Å². The Morgan fingerprint density at radius 2 is 2.31 bits per heavy atom. The van der Waals surface area contributed by atoms with Crippen molar-refractivity contribution < 1.29 is 4.79 Å². The second-order valence-corrected chi connectivity index (χ2v) is 3.25. The highest BCUT2D eigenvalue weighted by atomic mass is 16.1. The molecule has 5 nitrogen and oxygen atoms in total. The van der Waals surface area contributed by atoms with Gasteiger partial charge < -0.3 is 16.4 Å². The Labute approximate surface area is 94.8 Å². The molecule has 0 aliphatic carbocycles. The summed E-state index contributed by atoms with van der Waals surface area (Å²) in [5.74, 6) is -0.210. The summed E-state index contributed by atoms with van der Waals surface area (Å²) in [6.45, 7) is 1.32. The molecule has 0 atom stereocenters. The maximum Gasteiger partial charge on any atom is 0.262 e. The van der Waals surface area contributed by atoms with Crippen LogP contribution in [0.25, 0.3) is 0 Å². The Hall–Kier alpha value is -1.88. The third-order valence-electron chi connectivity index (χ3n) is 1.88. The van der Waals surface area contributed by atoms with Crippen molar-refractivity contribution in [1.82, 2.24) is 10.6 Å². The van der Waals surface area contributed by atoms with E-state index in [2.05, 4.69) is 15.6 Å². The van der Waals surface area contributed by atoms with Crippen LogP contribution in [-0.2, 0) is 4.79 Å². The van der Waals surface area contributed by atoms with Gasteiger partial charge in [-0.2, -0.15) is 0 Å². The van der Waals surface area contributed by atoms with Crippen LogP contribution in [0.5, 0.6) is 0 Å². The molecule has 0 fully saturated rings. The summed E-state index contributed by atoms with van der Waals surface area (Å²) in [4.78, 5) is 15.3. The summed E-state index contributed by atoms with van der Waals surface area (Å²) in [5, 5.41) is 5.62. The maximum absolute atomic E-state index is 11.3. The van der Waals surface area contributed by atoms with E-state index in [4.69, 9.17) is 5.73 Å². The van der Waals surface area contributed by atoms with Crippen molar-refractivity contribution in [3.63, 3.8) is 0 Å². The standard InChI is InChI=1S/C11H16N4O/c1-13-5-6-14-11(16)8-15-10-4-2-3-9(12)7-10/h2-4,7-8,13H,5-6,12H2,1H3,(H,14,16). The number of carbonyl (C=O) groups is 1. The van der Waals surface area contributed by atoms with E-state index in [0.29, 0.717) is 17.9 Å². The summed E-state index contributed by atoms with van der Waals surface area (Å²) in [6.07, 6.45) is 1.25. The Balaban J connectivity index is 2.44. The Morgan fingerprint density at radius 3 is 3.00 bits per heavy atom. The van der Waals surface area contributed by atoms with Crippen LogP contribution in [0.15, 0.2) is 29.3 Å². The Kier molecular flexibility index (Phi) is 5.01. The molecule has 0 aromatic heterocycles. The van der Waals surface area contributed by atoms with E-state index in [9.17, 15) is 4.79 Å². The third-order valence-corrected chi connectivity index (χ3v) is 1.88. The van der Waals surface area contributed by atoms with E-state index in [0.717, 1.165) is 6.54 Å². The highest BCUT2D eigenvalue weighted by Gasteiger charge is 1.94. The number of nitrogens with two attached hydrogens (primary N) is 1. The zero-order valence-electron chi connectivity index (χ0n) is 9.23. The molecule has 1 amide bonds. The molecule has 1 rings (SSSR count). The molecule has 0 saturated heterocycles. The van der Waals surface area contributed by atoms with E-state index >= 15 is 0 Å². The molecule has 0 aliphatic heterocycles. The number of aliphatic imine (C=N–C) groups is 1. The lowest BCUT2D eigenvalue weighted by Gasteiger charge is -2.00. The molecule has 86 valence electrons. The monoisotopic (exact) mass is 220 g/mol. The van der Waals surface area contributed by atoms with Gasteiger partial charge in [0.05, 0.1) is 11.9 Å². The lowest BCUT2D eigenvalue weighted by atomic mass is 10.3. The van der Waals surface area contributed by atoms with E-state index in [1.165, 1.54) is 6.21 Å². The van der Waals surface area contributed by atoms with Crippen LogP contribution in [-0.4, -0.2) is 32.3 Å². The minimum Gasteiger partial charge on any atom is -0.399 e. The molecular weight excluding hydrogens is 204 g/mol. The molecule has 1 aromatic carbocycles. The van der Waals surface area contributed by atoms with Gasteiger partial charge >= 0.3 is 0 Å². The largest absolute Gasteiger partial charge is 0.399 e. The number of nitrogen functional groups attached to an aromatic ring is 1. The lowest BCUT2D eigenvalue weighted by molar-refractivity contribution is -0.114. The van der Waals surface area contributed by atoms with Crippen LogP contribution in [0, 0.1) is 0 Å². The average molecular weight is 220 g/mol. The van der Waals surface area contributed by atoms with E-state index in [1.807, 2.05) is 7.05 Å². The predicted molar refractivity (Wildman–Crippen MR) is 65.9 cm³/mol. The molecule has 0 spiro atoms. The van der Waals surface area contributed by atoms with Crippen LogP contribution in [0.3, 0.4) is 0 Å². The van der Waals surface area contributed by atoms with E-state index in [1.54, 1.807) is 24.3 Å². The number of nitrogens with zero attached hydrogens (tertiary/aromatic N) is 1. The summed E-state index contributed by atoms with van der Waals surface area (Å²) in [5.41, 5.74) is 6.88. The van der Waals surface area contributed by atoms with Crippen molar-refractivity contribution in [1.29, 1.82) is 0 Å². The van der Waals surface area contributed by atoms with Crippen LogP contribution >= 0.6 is 0 Å². The molecule has 0 aliphatic rings. The highest BCUT2D eigenvalue weighted by molar-refractivity contribution is 6.26. The van der Waals surface area contributed by atoms with Gasteiger partial charge in [0.15, 0.2) is 0 Å². The van der Waals surface area contributed by atoms with Crippen molar-refractivity contribution in [2.45, 2.75) is 0 Å². The van der Waals surface area contributed by atoms with Gasteiger partial charge in [-0.25, -0.2) is 0 Å². The minimum absolute atomic E-state index is 0.210. The minimum atomic E-state index is -0.210. The molecule has 0 radical (unpaired) electrons. The number of benzene rings is 1. The molecule has 16 heavy (non-hydrogen) atoms. The van der Waals surface area contributed by atoms with Gasteiger partial charge in [0, 0.05) is 18.8 Å². The lowest BCUT2D eigenvalue weighted by Crippen LogP contribution is -2.30. The number of nitrogens with one attached hydrogen (secondary N) is 2. The molecule has 1 aromatic rings. The van der Waals surface area contributed by atoms with Gasteiger partial charge in [0.25, 0.3) is 5.91 Å². The quantitative estimate of drug-likeness (QED) is 0.379.